The fourth-order valence-electron chi connectivity index (χ4n) is 1.19. The highest BCUT2D eigenvalue weighted by molar-refractivity contribution is 5.74. The van der Waals surface area contributed by atoms with Crippen LogP contribution in [0.2, 0.25) is 0 Å². The first kappa shape index (κ1) is 8.33. The monoisotopic (exact) mass is 157 g/mol. The van der Waals surface area contributed by atoms with Crippen molar-refractivity contribution in [3.63, 3.8) is 0 Å². The lowest BCUT2D eigenvalue weighted by molar-refractivity contribution is 0.181. The van der Waals surface area contributed by atoms with E-state index in [1.807, 2.05) is 0 Å². The van der Waals surface area contributed by atoms with Gasteiger partial charge in [0, 0.05) is 19.6 Å². The largest absolute Gasteiger partial charge is 0.336 e. The van der Waals surface area contributed by atoms with Gasteiger partial charge in [-0.15, -0.1) is 0 Å². The Morgan fingerprint density at radius 3 is 2.55 bits per heavy atom. The molecule has 0 atom stereocenters. The lowest BCUT2D eigenvalue weighted by Gasteiger charge is -2.14. The van der Waals surface area contributed by atoms with Crippen LogP contribution in [0, 0.1) is 0 Å². The number of nitrogens with zero attached hydrogens (tertiary/aromatic N) is 1. The van der Waals surface area contributed by atoms with E-state index < -0.39 is 0 Å². The summed E-state index contributed by atoms with van der Waals surface area (Å²) >= 11 is 0. The third-order valence-electron chi connectivity index (χ3n) is 1.77. The molecule has 1 rings (SSSR count). The first-order chi connectivity index (χ1) is 5.34. The van der Waals surface area contributed by atoms with Gasteiger partial charge in [0.15, 0.2) is 0 Å². The second-order valence-electron chi connectivity index (χ2n) is 2.63. The summed E-state index contributed by atoms with van der Waals surface area (Å²) in [5, 5.41) is 12.6. The van der Waals surface area contributed by atoms with Crippen LogP contribution in [-0.4, -0.2) is 37.2 Å². The smallest absolute Gasteiger partial charge is 0.317 e. The molecule has 1 N–H and O–H groups in total. The zero-order valence-corrected chi connectivity index (χ0v) is 6.51. The normalized spacial score (nSPS) is 17.0. The SMILES string of the molecule is [O]CCNC(=O)N1CCCC1. The predicted octanol–water partition coefficient (Wildman–Crippen LogP) is 0.222. The van der Waals surface area contributed by atoms with E-state index >= 15 is 0 Å². The Labute approximate surface area is 66.2 Å². The van der Waals surface area contributed by atoms with Crippen molar-refractivity contribution in [3.05, 3.63) is 0 Å². The summed E-state index contributed by atoms with van der Waals surface area (Å²) < 4.78 is 0. The predicted molar refractivity (Wildman–Crippen MR) is 39.8 cm³/mol. The van der Waals surface area contributed by atoms with Crippen LogP contribution in [-0.2, 0) is 5.11 Å². The lowest BCUT2D eigenvalue weighted by Crippen LogP contribution is -2.39. The standard InChI is InChI=1S/C7H13N2O2/c10-6-3-8-7(11)9-4-1-2-5-9/h1-6H2,(H,8,11). The van der Waals surface area contributed by atoms with Gasteiger partial charge in [-0.2, -0.15) is 0 Å². The number of carbonyl (C=O) groups is 1. The van der Waals surface area contributed by atoms with E-state index in [1.54, 1.807) is 4.90 Å². The Balaban J connectivity index is 2.17. The second-order valence-corrected chi connectivity index (χ2v) is 2.63. The van der Waals surface area contributed by atoms with Gasteiger partial charge in [-0.25, -0.2) is 9.90 Å². The van der Waals surface area contributed by atoms with Crippen molar-refractivity contribution in [3.8, 4) is 0 Å². The fraction of sp³-hybridized carbons (Fsp3) is 0.857. The molecule has 2 amide bonds. The van der Waals surface area contributed by atoms with Crippen LogP contribution in [0.15, 0.2) is 0 Å². The molecule has 1 fully saturated rings. The van der Waals surface area contributed by atoms with Crippen LogP contribution in [0.4, 0.5) is 4.79 Å². The molecule has 1 radical (unpaired) electrons. The van der Waals surface area contributed by atoms with E-state index in [0.717, 1.165) is 25.9 Å². The molecular weight excluding hydrogens is 144 g/mol. The highest BCUT2D eigenvalue weighted by atomic mass is 16.3. The number of likely N-dealkylation sites (tertiary alicyclic amines) is 1. The zero-order valence-electron chi connectivity index (χ0n) is 6.51. The molecule has 0 unspecified atom stereocenters. The van der Waals surface area contributed by atoms with Gasteiger partial charge in [-0.1, -0.05) is 0 Å². The minimum atomic E-state index is -0.237. The average Bonchev–Trinajstić information content (AvgIpc) is 2.52. The van der Waals surface area contributed by atoms with Gasteiger partial charge < -0.3 is 10.2 Å². The number of hydrogen-bond donors (Lipinski definition) is 1. The molecule has 0 saturated carbocycles. The van der Waals surface area contributed by atoms with Crippen molar-refractivity contribution in [2.45, 2.75) is 12.8 Å². The number of urea groups is 1. The third-order valence-corrected chi connectivity index (χ3v) is 1.77. The summed E-state index contributed by atoms with van der Waals surface area (Å²) in [6.07, 6.45) is 2.18. The van der Waals surface area contributed by atoms with Crippen molar-refractivity contribution >= 4 is 6.03 Å². The Morgan fingerprint density at radius 2 is 2.00 bits per heavy atom. The van der Waals surface area contributed by atoms with Crippen molar-refractivity contribution in [2.75, 3.05) is 26.2 Å². The highest BCUT2D eigenvalue weighted by Gasteiger charge is 2.16. The van der Waals surface area contributed by atoms with Gasteiger partial charge in [0.05, 0.1) is 6.61 Å². The van der Waals surface area contributed by atoms with Gasteiger partial charge in [-0.3, -0.25) is 0 Å². The number of rotatable bonds is 2. The number of nitrogens with one attached hydrogen (secondary N) is 1. The Kier molecular flexibility index (Phi) is 3.16. The summed E-state index contributed by atoms with van der Waals surface area (Å²) in [4.78, 5) is 12.8. The lowest BCUT2D eigenvalue weighted by atomic mass is 10.4. The van der Waals surface area contributed by atoms with E-state index in [2.05, 4.69) is 5.32 Å². The highest BCUT2D eigenvalue weighted by Crippen LogP contribution is 2.06. The summed E-state index contributed by atoms with van der Waals surface area (Å²) in [6.45, 7) is 1.68. The van der Waals surface area contributed by atoms with Crippen LogP contribution in [0.25, 0.3) is 0 Å². The van der Waals surface area contributed by atoms with Gasteiger partial charge in [-0.05, 0) is 12.8 Å². The number of amides is 2. The maximum absolute atomic E-state index is 11.1. The van der Waals surface area contributed by atoms with E-state index in [1.165, 1.54) is 0 Å². The minimum absolute atomic E-state index is 0.0849. The average molecular weight is 157 g/mol. The van der Waals surface area contributed by atoms with Crippen molar-refractivity contribution in [1.29, 1.82) is 0 Å². The third kappa shape index (κ3) is 2.38. The first-order valence-corrected chi connectivity index (χ1v) is 3.95. The van der Waals surface area contributed by atoms with Crippen LogP contribution < -0.4 is 5.32 Å². The molecule has 1 heterocycles. The molecule has 4 nitrogen and oxygen atoms in total. The molecule has 0 spiro atoms. The maximum Gasteiger partial charge on any atom is 0.317 e. The van der Waals surface area contributed by atoms with Crippen LogP contribution >= 0.6 is 0 Å². The Morgan fingerprint density at radius 1 is 1.36 bits per heavy atom. The summed E-state index contributed by atoms with van der Waals surface area (Å²) in [6, 6.07) is -0.0849. The van der Waals surface area contributed by atoms with Crippen molar-refractivity contribution in [2.24, 2.45) is 0 Å². The van der Waals surface area contributed by atoms with Gasteiger partial charge in [0.25, 0.3) is 0 Å². The Hall–Kier alpha value is -0.770. The van der Waals surface area contributed by atoms with E-state index in [4.69, 9.17) is 0 Å². The van der Waals surface area contributed by atoms with Crippen LogP contribution in [0.5, 0.6) is 0 Å². The summed E-state index contributed by atoms with van der Waals surface area (Å²) in [5.41, 5.74) is 0. The van der Waals surface area contributed by atoms with Gasteiger partial charge in [0.1, 0.15) is 0 Å². The quantitative estimate of drug-likeness (QED) is 0.612. The zero-order chi connectivity index (χ0) is 8.10. The molecule has 0 bridgehead atoms. The molecule has 11 heavy (non-hydrogen) atoms. The van der Waals surface area contributed by atoms with Gasteiger partial charge in [0.2, 0.25) is 0 Å². The molecule has 4 heteroatoms. The topological polar surface area (TPSA) is 52.2 Å². The van der Waals surface area contributed by atoms with Crippen molar-refractivity contribution in [1.82, 2.24) is 10.2 Å². The summed E-state index contributed by atoms with van der Waals surface area (Å²) in [5.74, 6) is 0. The van der Waals surface area contributed by atoms with E-state index in [-0.39, 0.29) is 19.2 Å². The van der Waals surface area contributed by atoms with Crippen LogP contribution in [0.3, 0.4) is 0 Å². The number of carbonyl (C=O) groups excluding carboxylic acids is 1. The molecule has 1 saturated heterocycles. The number of hydrogen-bond acceptors (Lipinski definition) is 1. The molecule has 0 aliphatic carbocycles. The van der Waals surface area contributed by atoms with Crippen molar-refractivity contribution < 1.29 is 9.90 Å². The Bertz CT molecular complexity index is 132. The fourth-order valence-corrected chi connectivity index (χ4v) is 1.19. The molecule has 0 aromatic rings. The minimum Gasteiger partial charge on any atom is -0.336 e. The molecule has 1 aliphatic rings. The molecular formula is C7H13N2O2. The van der Waals surface area contributed by atoms with E-state index in [9.17, 15) is 9.90 Å². The van der Waals surface area contributed by atoms with Gasteiger partial charge >= 0.3 is 6.03 Å². The molecule has 0 aromatic heterocycles. The molecule has 1 aliphatic heterocycles. The molecule has 63 valence electrons. The first-order valence-electron chi connectivity index (χ1n) is 3.95. The van der Waals surface area contributed by atoms with Crippen LogP contribution in [0.1, 0.15) is 12.8 Å². The second kappa shape index (κ2) is 4.18. The maximum atomic E-state index is 11.1. The molecule has 0 aromatic carbocycles. The summed E-state index contributed by atoms with van der Waals surface area (Å²) in [7, 11) is 0. The van der Waals surface area contributed by atoms with E-state index in [0.29, 0.717) is 0 Å².